The monoisotopic (exact) mass is 272 g/mol. The van der Waals surface area contributed by atoms with E-state index in [1.807, 2.05) is 6.07 Å². The average molecular weight is 272 g/mol. The van der Waals surface area contributed by atoms with Crippen molar-refractivity contribution in [1.82, 2.24) is 9.47 Å². The minimum Gasteiger partial charge on any atom is -0.478 e. The predicted octanol–water partition coefficient (Wildman–Crippen LogP) is 2.74. The third kappa shape index (κ3) is 1.83. The first-order chi connectivity index (χ1) is 9.67. The zero-order valence-corrected chi connectivity index (χ0v) is 12.0. The molecule has 0 saturated heterocycles. The van der Waals surface area contributed by atoms with E-state index < -0.39 is 5.97 Å². The van der Waals surface area contributed by atoms with Crippen molar-refractivity contribution in [2.75, 3.05) is 13.1 Å². The fourth-order valence-corrected chi connectivity index (χ4v) is 3.35. The molecule has 0 fully saturated rings. The molecule has 2 aromatic rings. The molecule has 1 aromatic carbocycles. The Labute approximate surface area is 118 Å². The van der Waals surface area contributed by atoms with Gasteiger partial charge < -0.3 is 9.67 Å². The standard InChI is InChI=1S/C16H20N2O2/c1-3-17-9-8-14-13(10-17)11-6-5-7-12(16(19)20)15(11)18(14)4-2/h5-7H,3-4,8-10H2,1-2H3,(H,19,20). The number of fused-ring (bicyclic) bond motifs is 3. The van der Waals surface area contributed by atoms with Crippen molar-refractivity contribution in [3.63, 3.8) is 0 Å². The van der Waals surface area contributed by atoms with Crippen LogP contribution in [0, 0.1) is 0 Å². The number of aromatic nitrogens is 1. The number of nitrogens with zero attached hydrogens (tertiary/aromatic N) is 2. The van der Waals surface area contributed by atoms with Gasteiger partial charge in [0.2, 0.25) is 0 Å². The molecule has 4 heteroatoms. The molecule has 1 N–H and O–H groups in total. The van der Waals surface area contributed by atoms with Crippen LogP contribution in [0.5, 0.6) is 0 Å². The Morgan fingerprint density at radius 2 is 2.10 bits per heavy atom. The lowest BCUT2D eigenvalue weighted by molar-refractivity contribution is 0.0698. The second-order valence-corrected chi connectivity index (χ2v) is 5.30. The molecule has 0 radical (unpaired) electrons. The lowest BCUT2D eigenvalue weighted by Gasteiger charge is -2.26. The van der Waals surface area contributed by atoms with E-state index in [4.69, 9.17) is 0 Å². The minimum absolute atomic E-state index is 0.418. The molecular formula is C16H20N2O2. The molecule has 2 heterocycles. The third-order valence-electron chi connectivity index (χ3n) is 4.35. The van der Waals surface area contributed by atoms with Gasteiger partial charge in [-0.3, -0.25) is 4.90 Å². The highest BCUT2D eigenvalue weighted by Gasteiger charge is 2.25. The lowest BCUT2D eigenvalue weighted by Crippen LogP contribution is -2.30. The lowest BCUT2D eigenvalue weighted by atomic mass is 10.0. The first-order valence-corrected chi connectivity index (χ1v) is 7.26. The van der Waals surface area contributed by atoms with E-state index in [-0.39, 0.29) is 0 Å². The van der Waals surface area contributed by atoms with Gasteiger partial charge in [-0.1, -0.05) is 19.1 Å². The van der Waals surface area contributed by atoms with Gasteiger partial charge in [0.1, 0.15) is 0 Å². The summed E-state index contributed by atoms with van der Waals surface area (Å²) in [4.78, 5) is 13.9. The van der Waals surface area contributed by atoms with Crippen molar-refractivity contribution in [2.24, 2.45) is 0 Å². The van der Waals surface area contributed by atoms with Crippen LogP contribution in [0.2, 0.25) is 0 Å². The molecule has 0 spiro atoms. The molecule has 106 valence electrons. The first-order valence-electron chi connectivity index (χ1n) is 7.26. The van der Waals surface area contributed by atoms with E-state index in [1.54, 1.807) is 6.07 Å². The molecule has 0 unspecified atom stereocenters. The minimum atomic E-state index is -0.840. The van der Waals surface area contributed by atoms with Crippen molar-refractivity contribution in [2.45, 2.75) is 33.4 Å². The third-order valence-corrected chi connectivity index (χ3v) is 4.35. The fourth-order valence-electron chi connectivity index (χ4n) is 3.35. The number of hydrogen-bond donors (Lipinski definition) is 1. The molecule has 0 amide bonds. The van der Waals surface area contributed by atoms with E-state index in [0.29, 0.717) is 5.56 Å². The number of carbonyl (C=O) groups is 1. The fraction of sp³-hybridized carbons (Fsp3) is 0.438. The van der Waals surface area contributed by atoms with Crippen molar-refractivity contribution in [1.29, 1.82) is 0 Å². The average Bonchev–Trinajstić information content (AvgIpc) is 2.79. The number of aromatic carboxylic acids is 1. The van der Waals surface area contributed by atoms with E-state index in [9.17, 15) is 9.90 Å². The van der Waals surface area contributed by atoms with Crippen molar-refractivity contribution in [3.05, 3.63) is 35.0 Å². The van der Waals surface area contributed by atoms with Gasteiger partial charge in [0, 0.05) is 37.1 Å². The molecule has 20 heavy (non-hydrogen) atoms. The number of aryl methyl sites for hydroxylation is 1. The topological polar surface area (TPSA) is 45.5 Å². The van der Waals surface area contributed by atoms with Crippen LogP contribution in [-0.4, -0.2) is 33.6 Å². The molecule has 1 aliphatic rings. The van der Waals surface area contributed by atoms with E-state index >= 15 is 0 Å². The molecule has 0 bridgehead atoms. The van der Waals surface area contributed by atoms with Gasteiger partial charge >= 0.3 is 5.97 Å². The maximum absolute atomic E-state index is 11.5. The zero-order valence-electron chi connectivity index (χ0n) is 12.0. The summed E-state index contributed by atoms with van der Waals surface area (Å²) < 4.78 is 2.20. The van der Waals surface area contributed by atoms with Crippen LogP contribution in [0.3, 0.4) is 0 Å². The Bertz CT molecular complexity index is 673. The molecule has 0 aliphatic carbocycles. The summed E-state index contributed by atoms with van der Waals surface area (Å²) in [6.07, 6.45) is 1.00. The molecule has 0 saturated carbocycles. The zero-order chi connectivity index (χ0) is 14.3. The van der Waals surface area contributed by atoms with Crippen molar-refractivity contribution < 1.29 is 9.90 Å². The van der Waals surface area contributed by atoms with Crippen molar-refractivity contribution in [3.8, 4) is 0 Å². The maximum atomic E-state index is 11.5. The van der Waals surface area contributed by atoms with Gasteiger partial charge in [0.25, 0.3) is 0 Å². The van der Waals surface area contributed by atoms with Crippen LogP contribution in [0.1, 0.15) is 35.5 Å². The molecule has 4 nitrogen and oxygen atoms in total. The summed E-state index contributed by atoms with van der Waals surface area (Å²) in [7, 11) is 0. The van der Waals surface area contributed by atoms with Crippen LogP contribution in [0.25, 0.3) is 10.9 Å². The molecule has 3 rings (SSSR count). The van der Waals surface area contributed by atoms with Crippen molar-refractivity contribution >= 4 is 16.9 Å². The second kappa shape index (κ2) is 4.94. The smallest absolute Gasteiger partial charge is 0.337 e. The van der Waals surface area contributed by atoms with Crippen LogP contribution < -0.4 is 0 Å². The number of hydrogen-bond acceptors (Lipinski definition) is 2. The Morgan fingerprint density at radius 3 is 2.75 bits per heavy atom. The predicted molar refractivity (Wildman–Crippen MR) is 79.2 cm³/mol. The summed E-state index contributed by atoms with van der Waals surface area (Å²) in [5, 5.41) is 10.5. The quantitative estimate of drug-likeness (QED) is 0.934. The van der Waals surface area contributed by atoms with Crippen LogP contribution in [-0.2, 0) is 19.5 Å². The highest BCUT2D eigenvalue weighted by atomic mass is 16.4. The maximum Gasteiger partial charge on any atom is 0.337 e. The largest absolute Gasteiger partial charge is 0.478 e. The summed E-state index contributed by atoms with van der Waals surface area (Å²) in [5.41, 5.74) is 3.95. The van der Waals surface area contributed by atoms with E-state index in [0.717, 1.165) is 43.5 Å². The second-order valence-electron chi connectivity index (χ2n) is 5.30. The van der Waals surface area contributed by atoms with Crippen LogP contribution in [0.4, 0.5) is 0 Å². The SMILES string of the molecule is CCN1CCc2c(c3cccc(C(=O)O)c3n2CC)C1. The number of carboxylic acid groups (broad SMARTS) is 1. The summed E-state index contributed by atoms with van der Waals surface area (Å²) in [6.45, 7) is 8.11. The van der Waals surface area contributed by atoms with Gasteiger partial charge in [0.05, 0.1) is 11.1 Å². The molecular weight excluding hydrogens is 252 g/mol. The summed E-state index contributed by atoms with van der Waals surface area (Å²) >= 11 is 0. The Kier molecular flexibility index (Phi) is 3.26. The molecule has 1 aromatic heterocycles. The Morgan fingerprint density at radius 1 is 1.30 bits per heavy atom. The van der Waals surface area contributed by atoms with Crippen LogP contribution in [0.15, 0.2) is 18.2 Å². The highest BCUT2D eigenvalue weighted by Crippen LogP contribution is 2.32. The Hall–Kier alpha value is -1.81. The number of para-hydroxylation sites is 1. The summed E-state index contributed by atoms with van der Waals surface area (Å²) in [5.74, 6) is -0.840. The van der Waals surface area contributed by atoms with Gasteiger partial charge in [-0.05, 0) is 25.1 Å². The molecule has 1 aliphatic heterocycles. The highest BCUT2D eigenvalue weighted by molar-refractivity contribution is 6.04. The number of carboxylic acids is 1. The number of benzene rings is 1. The van der Waals surface area contributed by atoms with E-state index in [1.165, 1.54) is 11.3 Å². The Balaban J connectivity index is 2.30. The molecule has 0 atom stereocenters. The van der Waals surface area contributed by atoms with Gasteiger partial charge in [-0.25, -0.2) is 4.79 Å². The van der Waals surface area contributed by atoms with Gasteiger partial charge in [-0.2, -0.15) is 0 Å². The normalized spacial score (nSPS) is 15.5. The number of likely N-dealkylation sites (N-methyl/N-ethyl adjacent to an activating group) is 1. The van der Waals surface area contributed by atoms with Gasteiger partial charge in [0.15, 0.2) is 0 Å². The summed E-state index contributed by atoms with van der Waals surface area (Å²) in [6, 6.07) is 5.63. The van der Waals surface area contributed by atoms with Crippen LogP contribution >= 0.6 is 0 Å². The van der Waals surface area contributed by atoms with E-state index in [2.05, 4.69) is 29.4 Å². The number of rotatable bonds is 3. The van der Waals surface area contributed by atoms with Gasteiger partial charge in [-0.15, -0.1) is 0 Å². The first kappa shape index (κ1) is 13.2.